The molecule has 38 heavy (non-hydrogen) atoms. The zero-order chi connectivity index (χ0) is 26.2. The van der Waals surface area contributed by atoms with E-state index in [2.05, 4.69) is 59.9 Å². The van der Waals surface area contributed by atoms with E-state index in [4.69, 9.17) is 4.98 Å². The van der Waals surface area contributed by atoms with Crippen molar-refractivity contribution in [1.29, 1.82) is 0 Å². The Balaban J connectivity index is 1.54. The number of tetrazole rings is 1. The Morgan fingerprint density at radius 3 is 2.55 bits per heavy atom. The molecule has 2 N–H and O–H groups in total. The van der Waals surface area contributed by atoms with Gasteiger partial charge in [0.25, 0.3) is 0 Å². The summed E-state index contributed by atoms with van der Waals surface area (Å²) in [4.78, 5) is 28.5. The lowest BCUT2D eigenvalue weighted by Crippen LogP contribution is -2.25. The molecule has 0 saturated carbocycles. The van der Waals surface area contributed by atoms with E-state index in [1.54, 1.807) is 18.6 Å². The maximum atomic E-state index is 12.9. The van der Waals surface area contributed by atoms with Crippen LogP contribution in [0.2, 0.25) is 0 Å². The van der Waals surface area contributed by atoms with Crippen LogP contribution in [0.1, 0.15) is 24.6 Å². The molecule has 0 aliphatic carbocycles. The number of aromatic nitrogens is 7. The maximum absolute atomic E-state index is 12.9. The Kier molecular flexibility index (Phi) is 7.69. The molecule has 2 aromatic carbocycles. The molecule has 0 fully saturated rings. The molecular weight excluding hydrogens is 478 g/mol. The van der Waals surface area contributed by atoms with E-state index in [-0.39, 0.29) is 12.3 Å². The van der Waals surface area contributed by atoms with Crippen LogP contribution in [0.4, 0.5) is 11.5 Å². The van der Waals surface area contributed by atoms with Gasteiger partial charge in [0.05, 0.1) is 17.8 Å². The number of aromatic amines is 1. The summed E-state index contributed by atoms with van der Waals surface area (Å²) in [6.07, 6.45) is 5.80. The van der Waals surface area contributed by atoms with E-state index in [1.165, 1.54) is 5.56 Å². The molecule has 0 atom stereocenters. The van der Waals surface area contributed by atoms with Gasteiger partial charge in [-0.05, 0) is 23.3 Å². The zero-order valence-corrected chi connectivity index (χ0v) is 21.0. The number of amides is 1. The van der Waals surface area contributed by atoms with Crippen LogP contribution < -0.4 is 10.2 Å². The van der Waals surface area contributed by atoms with Crippen molar-refractivity contribution in [1.82, 2.24) is 35.6 Å². The molecule has 3 heterocycles. The van der Waals surface area contributed by atoms with E-state index in [0.29, 0.717) is 29.4 Å². The summed E-state index contributed by atoms with van der Waals surface area (Å²) in [5.41, 5.74) is 4.71. The Labute approximate surface area is 220 Å². The first-order chi connectivity index (χ1) is 18.7. The third-order valence-corrected chi connectivity index (χ3v) is 5.88. The minimum absolute atomic E-state index is 0.114. The standard InChI is InChI=1S/C28H27N9O/c1-2-14-37(19-20-8-4-3-5-9-20)26-16-21(31-27(38)17-22-18-29-12-13-30-22)15-25(32-26)23-10-6-7-11-24(23)28-33-35-36-34-28/h3-13,15-16,18H,2,14,17,19H2,1H3,(H,31,32,38)(H,33,34,35,36). The number of anilines is 2. The number of rotatable bonds is 10. The quantitative estimate of drug-likeness (QED) is 0.288. The fourth-order valence-corrected chi connectivity index (χ4v) is 4.20. The van der Waals surface area contributed by atoms with Crippen LogP contribution in [0.3, 0.4) is 0 Å². The van der Waals surface area contributed by atoms with Crippen LogP contribution in [0.25, 0.3) is 22.6 Å². The van der Waals surface area contributed by atoms with Gasteiger partial charge in [0.15, 0.2) is 0 Å². The lowest BCUT2D eigenvalue weighted by Gasteiger charge is -2.25. The molecule has 5 rings (SSSR count). The molecular formula is C28H27N9O. The second kappa shape index (κ2) is 11.8. The van der Waals surface area contributed by atoms with Gasteiger partial charge >= 0.3 is 0 Å². The predicted molar refractivity (Wildman–Crippen MR) is 145 cm³/mol. The summed E-state index contributed by atoms with van der Waals surface area (Å²) in [6.45, 7) is 3.62. The smallest absolute Gasteiger partial charge is 0.230 e. The highest BCUT2D eigenvalue weighted by Crippen LogP contribution is 2.32. The van der Waals surface area contributed by atoms with E-state index >= 15 is 0 Å². The minimum Gasteiger partial charge on any atom is -0.352 e. The van der Waals surface area contributed by atoms with Gasteiger partial charge < -0.3 is 10.2 Å². The van der Waals surface area contributed by atoms with Gasteiger partial charge in [0.2, 0.25) is 11.7 Å². The first kappa shape index (κ1) is 24.7. The zero-order valence-electron chi connectivity index (χ0n) is 21.0. The minimum atomic E-state index is -0.190. The van der Waals surface area contributed by atoms with E-state index in [1.807, 2.05) is 54.6 Å². The van der Waals surface area contributed by atoms with E-state index < -0.39 is 0 Å². The molecule has 0 bridgehead atoms. The Hall–Kier alpha value is -4.99. The predicted octanol–water partition coefficient (Wildman–Crippen LogP) is 4.32. The van der Waals surface area contributed by atoms with Gasteiger partial charge in [-0.3, -0.25) is 14.8 Å². The molecule has 190 valence electrons. The van der Waals surface area contributed by atoms with Crippen LogP contribution >= 0.6 is 0 Å². The SMILES string of the molecule is CCCN(Cc1ccccc1)c1cc(NC(=O)Cc2cnccn2)cc(-c2ccccc2-c2nn[nH]n2)n1. The number of benzene rings is 2. The molecule has 10 heteroatoms. The second-order valence-electron chi connectivity index (χ2n) is 8.71. The molecule has 0 aliphatic rings. The van der Waals surface area contributed by atoms with Crippen molar-refractivity contribution in [3.8, 4) is 22.6 Å². The fourth-order valence-electron chi connectivity index (χ4n) is 4.20. The first-order valence-corrected chi connectivity index (χ1v) is 12.4. The number of pyridine rings is 1. The first-order valence-electron chi connectivity index (χ1n) is 12.4. The van der Waals surface area contributed by atoms with Gasteiger partial charge in [0.1, 0.15) is 5.82 Å². The van der Waals surface area contributed by atoms with Crippen molar-refractivity contribution < 1.29 is 4.79 Å². The molecule has 1 amide bonds. The molecule has 0 spiro atoms. The van der Waals surface area contributed by atoms with Crippen molar-refractivity contribution in [3.63, 3.8) is 0 Å². The number of hydrogen-bond acceptors (Lipinski definition) is 8. The van der Waals surface area contributed by atoms with Crippen LogP contribution in [0, 0.1) is 0 Å². The summed E-state index contributed by atoms with van der Waals surface area (Å²) in [5.74, 6) is 1.03. The molecule has 5 aromatic rings. The van der Waals surface area contributed by atoms with Crippen molar-refractivity contribution in [3.05, 3.63) is 96.6 Å². The molecule has 3 aromatic heterocycles. The van der Waals surface area contributed by atoms with Gasteiger partial charge in [0, 0.05) is 54.6 Å². The second-order valence-corrected chi connectivity index (χ2v) is 8.71. The summed E-state index contributed by atoms with van der Waals surface area (Å²) in [6, 6.07) is 21.8. The third-order valence-electron chi connectivity index (χ3n) is 5.88. The summed E-state index contributed by atoms with van der Waals surface area (Å²) >= 11 is 0. The number of nitrogens with zero attached hydrogens (tertiary/aromatic N) is 7. The Bertz CT molecular complexity index is 1480. The average Bonchev–Trinajstić information content (AvgIpc) is 3.49. The third kappa shape index (κ3) is 6.04. The van der Waals surface area contributed by atoms with Crippen LogP contribution in [-0.2, 0) is 17.8 Å². The molecule has 0 saturated heterocycles. The van der Waals surface area contributed by atoms with Crippen molar-refractivity contribution in [2.24, 2.45) is 0 Å². The van der Waals surface area contributed by atoms with Gasteiger partial charge in [-0.15, -0.1) is 10.2 Å². The fraction of sp³-hybridized carbons (Fsp3) is 0.179. The Morgan fingerprint density at radius 2 is 1.82 bits per heavy atom. The van der Waals surface area contributed by atoms with Gasteiger partial charge in [-0.25, -0.2) is 4.98 Å². The molecule has 0 unspecified atom stereocenters. The topological polar surface area (TPSA) is 125 Å². The maximum Gasteiger partial charge on any atom is 0.230 e. The largest absolute Gasteiger partial charge is 0.352 e. The van der Waals surface area contributed by atoms with Crippen LogP contribution in [-0.4, -0.2) is 48.0 Å². The summed E-state index contributed by atoms with van der Waals surface area (Å²) < 4.78 is 0. The normalized spacial score (nSPS) is 10.8. The van der Waals surface area contributed by atoms with Gasteiger partial charge in [-0.2, -0.15) is 5.21 Å². The lowest BCUT2D eigenvalue weighted by molar-refractivity contribution is -0.115. The molecule has 0 aliphatic heterocycles. The van der Waals surface area contributed by atoms with E-state index in [0.717, 1.165) is 29.9 Å². The highest BCUT2D eigenvalue weighted by molar-refractivity contribution is 5.93. The monoisotopic (exact) mass is 505 g/mol. The number of carbonyl (C=O) groups is 1. The summed E-state index contributed by atoms with van der Waals surface area (Å²) in [7, 11) is 0. The van der Waals surface area contributed by atoms with E-state index in [9.17, 15) is 4.79 Å². The lowest BCUT2D eigenvalue weighted by atomic mass is 10.0. The molecule has 0 radical (unpaired) electrons. The van der Waals surface area contributed by atoms with Crippen molar-refractivity contribution >= 4 is 17.4 Å². The number of carbonyl (C=O) groups excluding carboxylic acids is 1. The number of nitrogens with one attached hydrogen (secondary N) is 2. The average molecular weight is 506 g/mol. The summed E-state index contributed by atoms with van der Waals surface area (Å²) in [5, 5.41) is 17.6. The van der Waals surface area contributed by atoms with Crippen molar-refractivity contribution in [2.75, 3.05) is 16.8 Å². The highest BCUT2D eigenvalue weighted by atomic mass is 16.1. The Morgan fingerprint density at radius 1 is 1.00 bits per heavy atom. The number of hydrogen-bond donors (Lipinski definition) is 2. The van der Waals surface area contributed by atoms with Crippen LogP contribution in [0.5, 0.6) is 0 Å². The van der Waals surface area contributed by atoms with Crippen molar-refractivity contribution in [2.45, 2.75) is 26.3 Å². The van der Waals surface area contributed by atoms with Gasteiger partial charge in [-0.1, -0.05) is 61.5 Å². The number of H-pyrrole nitrogens is 1. The highest BCUT2D eigenvalue weighted by Gasteiger charge is 2.17. The molecule has 10 nitrogen and oxygen atoms in total. The van der Waals surface area contributed by atoms with Crippen LogP contribution in [0.15, 0.2) is 85.3 Å².